The summed E-state index contributed by atoms with van der Waals surface area (Å²) in [4.78, 5) is 15.3. The normalized spacial score (nSPS) is 31.8. The lowest BCUT2D eigenvalue weighted by atomic mass is 10.0. The Bertz CT molecular complexity index is 701. The van der Waals surface area contributed by atoms with Crippen LogP contribution >= 0.6 is 0 Å². The molecule has 0 aliphatic carbocycles. The molecule has 3 aliphatic heterocycles. The van der Waals surface area contributed by atoms with Gasteiger partial charge in [0.05, 0.1) is 23.0 Å². The van der Waals surface area contributed by atoms with Gasteiger partial charge in [0.25, 0.3) is 0 Å². The van der Waals surface area contributed by atoms with Gasteiger partial charge in [-0.3, -0.25) is 4.79 Å². The van der Waals surface area contributed by atoms with Crippen molar-refractivity contribution in [3.8, 4) is 0 Å². The van der Waals surface area contributed by atoms with E-state index in [1.54, 1.807) is 4.90 Å². The van der Waals surface area contributed by atoms with Crippen LogP contribution in [0.15, 0.2) is 0 Å². The average Bonchev–Trinajstić information content (AvgIpc) is 3.11. The number of hydrogen-bond donors (Lipinski definition) is 1. The van der Waals surface area contributed by atoms with E-state index in [9.17, 15) is 21.6 Å². The zero-order valence-corrected chi connectivity index (χ0v) is 16.7. The molecule has 2 unspecified atom stereocenters. The first kappa shape index (κ1) is 20.0. The largest absolute Gasteiger partial charge is 0.340 e. The molecule has 0 bridgehead atoms. The number of nitrogens with zero attached hydrogens (tertiary/aromatic N) is 2. The molecule has 0 aromatic rings. The molecule has 3 saturated heterocycles. The summed E-state index contributed by atoms with van der Waals surface area (Å²) in [5.74, 6) is 0.811. The minimum Gasteiger partial charge on any atom is -0.340 e. The lowest BCUT2D eigenvalue weighted by molar-refractivity contribution is -0.120. The molecule has 0 aromatic heterocycles. The maximum absolute atomic E-state index is 11.6. The van der Waals surface area contributed by atoms with Gasteiger partial charge in [0.2, 0.25) is 6.41 Å². The number of rotatable bonds is 7. The second kappa shape index (κ2) is 8.12. The zero-order valence-electron chi connectivity index (χ0n) is 15.0. The molecule has 3 fully saturated rings. The van der Waals surface area contributed by atoms with Crippen molar-refractivity contribution >= 4 is 26.1 Å². The van der Waals surface area contributed by atoms with Crippen LogP contribution in [0.2, 0.25) is 0 Å². The van der Waals surface area contributed by atoms with Crippen LogP contribution in [0.25, 0.3) is 0 Å². The van der Waals surface area contributed by atoms with Gasteiger partial charge in [-0.1, -0.05) is 0 Å². The Balaban J connectivity index is 1.38. The topological polar surface area (TPSA) is 104 Å². The van der Waals surface area contributed by atoms with Crippen molar-refractivity contribution in [2.75, 3.05) is 49.2 Å². The lowest BCUT2D eigenvalue weighted by Gasteiger charge is -2.35. The van der Waals surface area contributed by atoms with E-state index in [1.165, 1.54) is 0 Å². The standard InChI is InChI=1S/C16H29N3O5S2/c20-13-19(16-4-10-26(23,24)12-16)8-7-18-5-1-14(2-6-18)17-15-3-9-25(21,22)11-15/h13-17H,1-12H2. The molecule has 3 aliphatic rings. The molecule has 1 amide bonds. The third-order valence-electron chi connectivity index (χ3n) is 5.78. The van der Waals surface area contributed by atoms with Crippen molar-refractivity contribution in [3.63, 3.8) is 0 Å². The fourth-order valence-electron chi connectivity index (χ4n) is 4.20. The molecule has 2 atom stereocenters. The van der Waals surface area contributed by atoms with Crippen LogP contribution < -0.4 is 5.32 Å². The van der Waals surface area contributed by atoms with Crippen molar-refractivity contribution in [3.05, 3.63) is 0 Å². The summed E-state index contributed by atoms with van der Waals surface area (Å²) >= 11 is 0. The molecule has 3 heterocycles. The van der Waals surface area contributed by atoms with E-state index in [1.807, 2.05) is 0 Å². The predicted molar refractivity (Wildman–Crippen MR) is 99.5 cm³/mol. The highest BCUT2D eigenvalue weighted by Gasteiger charge is 2.33. The fourth-order valence-corrected chi connectivity index (χ4v) is 7.63. The van der Waals surface area contributed by atoms with Crippen molar-refractivity contribution < 1.29 is 21.6 Å². The summed E-state index contributed by atoms with van der Waals surface area (Å²) in [5.41, 5.74) is 0. The van der Waals surface area contributed by atoms with Crippen LogP contribution in [0.5, 0.6) is 0 Å². The van der Waals surface area contributed by atoms with Crippen LogP contribution in [-0.2, 0) is 24.5 Å². The number of carbonyl (C=O) groups is 1. The smallest absolute Gasteiger partial charge is 0.210 e. The molecular formula is C16H29N3O5S2. The van der Waals surface area contributed by atoms with Gasteiger partial charge >= 0.3 is 0 Å². The maximum atomic E-state index is 11.6. The number of amides is 1. The summed E-state index contributed by atoms with van der Waals surface area (Å²) in [7, 11) is -5.84. The summed E-state index contributed by atoms with van der Waals surface area (Å²) in [6, 6.07) is 0.263. The van der Waals surface area contributed by atoms with E-state index in [-0.39, 0.29) is 29.3 Å². The minimum atomic E-state index is -2.99. The van der Waals surface area contributed by atoms with Gasteiger partial charge < -0.3 is 15.1 Å². The molecule has 8 nitrogen and oxygen atoms in total. The molecule has 0 aromatic carbocycles. The predicted octanol–water partition coefficient (Wildman–Crippen LogP) is -1.13. The first-order valence-corrected chi connectivity index (χ1v) is 13.0. The zero-order chi connectivity index (χ0) is 18.8. The molecule has 1 N–H and O–H groups in total. The molecule has 26 heavy (non-hydrogen) atoms. The van der Waals surface area contributed by atoms with E-state index in [4.69, 9.17) is 0 Å². The summed E-state index contributed by atoms with van der Waals surface area (Å²) in [6.45, 7) is 3.13. The number of piperidine rings is 1. The minimum absolute atomic E-state index is 0.0853. The van der Waals surface area contributed by atoms with Gasteiger partial charge in [-0.05, 0) is 38.8 Å². The molecule has 0 spiro atoms. The highest BCUT2D eigenvalue weighted by Crippen LogP contribution is 2.18. The Labute approximate surface area is 156 Å². The van der Waals surface area contributed by atoms with Gasteiger partial charge in [0, 0.05) is 31.2 Å². The van der Waals surface area contributed by atoms with Crippen LogP contribution in [0.4, 0.5) is 0 Å². The molecule has 150 valence electrons. The molecule has 0 saturated carbocycles. The number of nitrogens with one attached hydrogen (secondary N) is 1. The molecular weight excluding hydrogens is 378 g/mol. The van der Waals surface area contributed by atoms with Crippen LogP contribution in [0, 0.1) is 0 Å². The fraction of sp³-hybridized carbons (Fsp3) is 0.938. The third kappa shape index (κ3) is 5.40. The summed E-state index contributed by atoms with van der Waals surface area (Å²) in [5, 5.41) is 3.48. The van der Waals surface area contributed by atoms with Crippen molar-refractivity contribution in [2.24, 2.45) is 0 Å². The second-order valence-corrected chi connectivity index (χ2v) is 12.2. The Morgan fingerprint density at radius 2 is 1.58 bits per heavy atom. The van der Waals surface area contributed by atoms with Gasteiger partial charge in [-0.15, -0.1) is 0 Å². The average molecular weight is 408 g/mol. The van der Waals surface area contributed by atoms with Crippen molar-refractivity contribution in [1.82, 2.24) is 15.1 Å². The van der Waals surface area contributed by atoms with E-state index in [2.05, 4.69) is 10.2 Å². The quantitative estimate of drug-likeness (QED) is 0.533. The van der Waals surface area contributed by atoms with Crippen molar-refractivity contribution in [1.29, 1.82) is 0 Å². The first-order chi connectivity index (χ1) is 12.3. The number of sulfone groups is 2. The first-order valence-electron chi connectivity index (χ1n) is 9.37. The van der Waals surface area contributed by atoms with Gasteiger partial charge in [-0.2, -0.15) is 0 Å². The van der Waals surface area contributed by atoms with E-state index in [0.29, 0.717) is 31.2 Å². The summed E-state index contributed by atoms with van der Waals surface area (Å²) in [6.07, 6.45) is 3.96. The van der Waals surface area contributed by atoms with Crippen LogP contribution in [-0.4, -0.2) is 100 Å². The van der Waals surface area contributed by atoms with E-state index in [0.717, 1.165) is 38.9 Å². The van der Waals surface area contributed by atoms with E-state index < -0.39 is 19.7 Å². The molecule has 3 rings (SSSR count). The Hall–Kier alpha value is -0.710. The Morgan fingerprint density at radius 3 is 2.12 bits per heavy atom. The monoisotopic (exact) mass is 407 g/mol. The SMILES string of the molecule is O=CN(CCN1CCC(NC2CCS(=O)(=O)C2)CC1)C1CCS(=O)(=O)C1. The van der Waals surface area contributed by atoms with Gasteiger partial charge in [-0.25, -0.2) is 16.8 Å². The van der Waals surface area contributed by atoms with E-state index >= 15 is 0 Å². The molecule has 0 radical (unpaired) electrons. The highest BCUT2D eigenvalue weighted by atomic mass is 32.2. The van der Waals surface area contributed by atoms with Crippen molar-refractivity contribution in [2.45, 2.75) is 43.8 Å². The lowest BCUT2D eigenvalue weighted by Crippen LogP contribution is -2.48. The second-order valence-electron chi connectivity index (χ2n) is 7.78. The highest BCUT2D eigenvalue weighted by molar-refractivity contribution is 7.91. The summed E-state index contributed by atoms with van der Waals surface area (Å²) < 4.78 is 46.3. The Kier molecular flexibility index (Phi) is 6.25. The Morgan fingerprint density at radius 1 is 0.923 bits per heavy atom. The number of carbonyl (C=O) groups excluding carboxylic acids is 1. The third-order valence-corrected chi connectivity index (χ3v) is 9.30. The van der Waals surface area contributed by atoms with Crippen LogP contribution in [0.3, 0.4) is 0 Å². The molecule has 10 heteroatoms. The number of hydrogen-bond acceptors (Lipinski definition) is 7. The van der Waals surface area contributed by atoms with Gasteiger partial charge in [0.1, 0.15) is 0 Å². The maximum Gasteiger partial charge on any atom is 0.210 e. The van der Waals surface area contributed by atoms with Crippen LogP contribution in [0.1, 0.15) is 25.7 Å². The van der Waals surface area contributed by atoms with Gasteiger partial charge in [0.15, 0.2) is 19.7 Å². The number of likely N-dealkylation sites (tertiary alicyclic amines) is 1.